The summed E-state index contributed by atoms with van der Waals surface area (Å²) in [5, 5.41) is 0.552. The second-order valence-corrected chi connectivity index (χ2v) is 7.14. The van der Waals surface area contributed by atoms with Gasteiger partial charge in [-0.25, -0.2) is 4.98 Å². The summed E-state index contributed by atoms with van der Waals surface area (Å²) in [4.78, 5) is 34.1. The molecule has 1 aromatic heterocycles. The molecular weight excluding hydrogens is 338 g/mol. The van der Waals surface area contributed by atoms with Gasteiger partial charge in [-0.1, -0.05) is 38.1 Å². The molecule has 0 aliphatic rings. The number of benzene rings is 2. The van der Waals surface area contributed by atoms with Crippen molar-refractivity contribution in [3.05, 3.63) is 75.8 Å². The Morgan fingerprint density at radius 1 is 1.11 bits per heavy atom. The Hall–Kier alpha value is -2.95. The molecule has 0 spiro atoms. The Morgan fingerprint density at radius 2 is 1.81 bits per heavy atom. The summed E-state index contributed by atoms with van der Waals surface area (Å²) in [7, 11) is 0. The summed E-state index contributed by atoms with van der Waals surface area (Å²) in [6.45, 7) is 7.07. The molecule has 0 saturated heterocycles. The van der Waals surface area contributed by atoms with Crippen LogP contribution in [-0.2, 0) is 13.0 Å². The van der Waals surface area contributed by atoms with Gasteiger partial charge in [0.25, 0.3) is 11.5 Å². The number of aromatic nitrogens is 2. The fourth-order valence-corrected chi connectivity index (χ4v) is 3.16. The molecule has 0 fully saturated rings. The quantitative estimate of drug-likeness (QED) is 0.725. The molecule has 0 radical (unpaired) electrons. The Labute approximate surface area is 159 Å². The van der Waals surface area contributed by atoms with Crippen molar-refractivity contribution in [3.63, 3.8) is 0 Å². The average Bonchev–Trinajstić information content (AvgIpc) is 2.66. The minimum Gasteiger partial charge on any atom is -0.331 e. The van der Waals surface area contributed by atoms with Crippen LogP contribution in [0, 0.1) is 5.92 Å². The Bertz CT molecular complexity index is 990. The zero-order valence-electron chi connectivity index (χ0n) is 16.0. The Kier molecular flexibility index (Phi) is 5.69. The highest BCUT2D eigenvalue weighted by Gasteiger charge is 2.16. The van der Waals surface area contributed by atoms with Gasteiger partial charge in [0.2, 0.25) is 0 Å². The van der Waals surface area contributed by atoms with Crippen molar-refractivity contribution in [2.75, 3.05) is 6.54 Å². The third-order valence-corrected chi connectivity index (χ3v) is 4.52. The lowest BCUT2D eigenvalue weighted by molar-refractivity contribution is 0.0748. The predicted octanol–water partition coefficient (Wildman–Crippen LogP) is 3.78. The first-order valence-electron chi connectivity index (χ1n) is 9.34. The van der Waals surface area contributed by atoms with Crippen LogP contribution >= 0.6 is 0 Å². The fourth-order valence-electron chi connectivity index (χ4n) is 3.16. The summed E-state index contributed by atoms with van der Waals surface area (Å²) < 4.78 is 0. The number of carbonyl (C=O) groups is 1. The van der Waals surface area contributed by atoms with Crippen LogP contribution in [0.3, 0.4) is 0 Å². The zero-order chi connectivity index (χ0) is 19.4. The minimum atomic E-state index is -0.183. The summed E-state index contributed by atoms with van der Waals surface area (Å²) >= 11 is 0. The van der Waals surface area contributed by atoms with Crippen molar-refractivity contribution >= 4 is 16.8 Å². The van der Waals surface area contributed by atoms with E-state index in [0.717, 1.165) is 6.42 Å². The molecule has 3 rings (SSSR count). The van der Waals surface area contributed by atoms with Crippen LogP contribution in [-0.4, -0.2) is 27.3 Å². The van der Waals surface area contributed by atoms with Crippen molar-refractivity contribution in [1.29, 1.82) is 0 Å². The number of rotatable bonds is 6. The maximum absolute atomic E-state index is 12.9. The number of amides is 1. The van der Waals surface area contributed by atoms with Gasteiger partial charge in [0.1, 0.15) is 5.82 Å². The molecule has 1 amide bonds. The molecule has 1 heterocycles. The first kappa shape index (κ1) is 18.8. The van der Waals surface area contributed by atoms with Gasteiger partial charge in [-0.2, -0.15) is 0 Å². The lowest BCUT2D eigenvalue weighted by Crippen LogP contribution is -2.32. The van der Waals surface area contributed by atoms with E-state index in [1.165, 1.54) is 5.56 Å². The monoisotopic (exact) mass is 363 g/mol. The first-order valence-corrected chi connectivity index (χ1v) is 9.34. The van der Waals surface area contributed by atoms with E-state index < -0.39 is 0 Å². The molecule has 5 heteroatoms. The highest BCUT2D eigenvalue weighted by atomic mass is 16.2. The lowest BCUT2D eigenvalue weighted by atomic mass is 10.0. The van der Waals surface area contributed by atoms with Gasteiger partial charge >= 0.3 is 0 Å². The van der Waals surface area contributed by atoms with E-state index in [-0.39, 0.29) is 18.0 Å². The van der Waals surface area contributed by atoms with Gasteiger partial charge in [0, 0.05) is 12.1 Å². The molecule has 0 atom stereocenters. The second-order valence-electron chi connectivity index (χ2n) is 7.14. The van der Waals surface area contributed by atoms with Crippen molar-refractivity contribution in [2.24, 2.45) is 5.92 Å². The van der Waals surface area contributed by atoms with Gasteiger partial charge in [-0.3, -0.25) is 9.59 Å². The predicted molar refractivity (Wildman–Crippen MR) is 108 cm³/mol. The van der Waals surface area contributed by atoms with Gasteiger partial charge < -0.3 is 9.88 Å². The number of nitrogens with one attached hydrogen (secondary N) is 1. The average molecular weight is 363 g/mol. The number of fused-ring (bicyclic) bond motifs is 1. The molecule has 27 heavy (non-hydrogen) atoms. The van der Waals surface area contributed by atoms with Gasteiger partial charge in [-0.05, 0) is 49.1 Å². The molecule has 1 N–H and O–H groups in total. The van der Waals surface area contributed by atoms with E-state index in [1.54, 1.807) is 17.0 Å². The van der Waals surface area contributed by atoms with Crippen LogP contribution in [0.4, 0.5) is 0 Å². The number of para-hydroxylation sites is 1. The van der Waals surface area contributed by atoms with E-state index in [1.807, 2.05) is 43.3 Å². The number of nitrogens with zero attached hydrogens (tertiary/aromatic N) is 2. The highest BCUT2D eigenvalue weighted by molar-refractivity contribution is 5.94. The van der Waals surface area contributed by atoms with Gasteiger partial charge in [-0.15, -0.1) is 0 Å². The maximum atomic E-state index is 12.9. The van der Waals surface area contributed by atoms with Crippen LogP contribution in [0.1, 0.15) is 42.5 Å². The molecule has 140 valence electrons. The number of H-pyrrole nitrogens is 1. The van der Waals surface area contributed by atoms with Crippen LogP contribution < -0.4 is 5.56 Å². The topological polar surface area (TPSA) is 66.1 Å². The largest absolute Gasteiger partial charge is 0.331 e. The third kappa shape index (κ3) is 4.42. The van der Waals surface area contributed by atoms with E-state index in [0.29, 0.717) is 34.8 Å². The smallest absolute Gasteiger partial charge is 0.258 e. The second kappa shape index (κ2) is 8.16. The number of hydrogen-bond donors (Lipinski definition) is 1. The van der Waals surface area contributed by atoms with E-state index in [9.17, 15) is 9.59 Å². The third-order valence-electron chi connectivity index (χ3n) is 4.52. The number of hydrogen-bond acceptors (Lipinski definition) is 3. The summed E-state index contributed by atoms with van der Waals surface area (Å²) in [6, 6.07) is 15.0. The molecule has 0 unspecified atom stereocenters. The van der Waals surface area contributed by atoms with Crippen molar-refractivity contribution in [3.8, 4) is 0 Å². The van der Waals surface area contributed by atoms with Gasteiger partial charge in [0.15, 0.2) is 0 Å². The highest BCUT2D eigenvalue weighted by Crippen LogP contribution is 2.13. The van der Waals surface area contributed by atoms with E-state index in [2.05, 4.69) is 23.8 Å². The number of carbonyl (C=O) groups excluding carboxylic acids is 1. The van der Waals surface area contributed by atoms with Gasteiger partial charge in [0.05, 0.1) is 17.4 Å². The molecule has 0 bridgehead atoms. The van der Waals surface area contributed by atoms with Crippen LogP contribution in [0.2, 0.25) is 0 Å². The summed E-state index contributed by atoms with van der Waals surface area (Å²) in [5.74, 6) is 1.00. The summed E-state index contributed by atoms with van der Waals surface area (Å²) in [6.07, 6.45) is 0.994. The first-order chi connectivity index (χ1) is 13.0. The molecule has 0 aliphatic carbocycles. The molecule has 0 aliphatic heterocycles. The van der Waals surface area contributed by atoms with Crippen LogP contribution in [0.25, 0.3) is 10.9 Å². The lowest BCUT2D eigenvalue weighted by Gasteiger charge is -2.20. The normalized spacial score (nSPS) is 11.1. The maximum Gasteiger partial charge on any atom is 0.258 e. The SMILES string of the molecule is CCN(Cc1nc2ccccc2c(=O)[nH]1)C(=O)c1ccc(CC(C)C)cc1. The van der Waals surface area contributed by atoms with Crippen molar-refractivity contribution < 1.29 is 4.79 Å². The Balaban J connectivity index is 1.80. The Morgan fingerprint density at radius 3 is 2.48 bits per heavy atom. The number of aromatic amines is 1. The standard InChI is InChI=1S/C22H25N3O2/c1-4-25(22(27)17-11-9-16(10-12-17)13-15(2)3)14-20-23-19-8-6-5-7-18(19)21(26)24-20/h5-12,15H,4,13-14H2,1-3H3,(H,23,24,26). The van der Waals surface area contributed by atoms with Crippen molar-refractivity contribution in [1.82, 2.24) is 14.9 Å². The van der Waals surface area contributed by atoms with Crippen LogP contribution in [0.15, 0.2) is 53.3 Å². The van der Waals surface area contributed by atoms with Crippen molar-refractivity contribution in [2.45, 2.75) is 33.7 Å². The molecule has 0 saturated carbocycles. The molecular formula is C22H25N3O2. The molecule has 3 aromatic rings. The summed E-state index contributed by atoms with van der Waals surface area (Å²) in [5.41, 5.74) is 2.33. The van der Waals surface area contributed by atoms with E-state index >= 15 is 0 Å². The minimum absolute atomic E-state index is 0.0654. The van der Waals surface area contributed by atoms with Crippen LogP contribution in [0.5, 0.6) is 0 Å². The zero-order valence-corrected chi connectivity index (χ0v) is 16.0. The van der Waals surface area contributed by atoms with E-state index in [4.69, 9.17) is 0 Å². The molecule has 5 nitrogen and oxygen atoms in total. The fraction of sp³-hybridized carbons (Fsp3) is 0.318. The molecule has 2 aromatic carbocycles.